The Hall–Kier alpha value is -1.88. The van der Waals surface area contributed by atoms with Crippen LogP contribution in [0, 0.1) is 0 Å². The van der Waals surface area contributed by atoms with E-state index in [2.05, 4.69) is 29.4 Å². The molecule has 0 aliphatic heterocycles. The largest absolute Gasteiger partial charge is 0.375 e. The van der Waals surface area contributed by atoms with Gasteiger partial charge in [-0.05, 0) is 30.5 Å². The van der Waals surface area contributed by atoms with E-state index in [4.69, 9.17) is 5.73 Å². The Kier molecular flexibility index (Phi) is 5.75. The molecule has 1 heterocycles. The number of carbonyl (C=O) groups is 1. The summed E-state index contributed by atoms with van der Waals surface area (Å²) in [4.78, 5) is 16.0. The fraction of sp³-hybridized carbons (Fsp3) is 0.375. The van der Waals surface area contributed by atoms with Gasteiger partial charge in [-0.15, -0.1) is 11.3 Å². The molecular formula is C16H21N3OS. The van der Waals surface area contributed by atoms with Gasteiger partial charge in [0.1, 0.15) is 0 Å². The second kappa shape index (κ2) is 7.78. The lowest BCUT2D eigenvalue weighted by Gasteiger charge is -2.06. The van der Waals surface area contributed by atoms with Crippen molar-refractivity contribution >= 4 is 28.1 Å². The molecular weight excluding hydrogens is 282 g/mol. The third-order valence-electron chi connectivity index (χ3n) is 3.22. The van der Waals surface area contributed by atoms with Crippen LogP contribution in [0.4, 0.5) is 10.8 Å². The summed E-state index contributed by atoms with van der Waals surface area (Å²) in [5.74, 6) is -0.0703. The van der Waals surface area contributed by atoms with E-state index in [1.54, 1.807) is 0 Å². The highest BCUT2D eigenvalue weighted by molar-refractivity contribution is 7.13. The second-order valence-electron chi connectivity index (χ2n) is 5.06. The van der Waals surface area contributed by atoms with E-state index >= 15 is 0 Å². The summed E-state index contributed by atoms with van der Waals surface area (Å²) >= 11 is 1.35. The summed E-state index contributed by atoms with van der Waals surface area (Å²) in [6.07, 6.45) is 5.06. The zero-order valence-corrected chi connectivity index (χ0v) is 13.1. The topological polar surface area (TPSA) is 68.0 Å². The summed E-state index contributed by atoms with van der Waals surface area (Å²) in [6.45, 7) is 2.20. The number of carbonyl (C=O) groups excluding carboxylic acids is 1. The van der Waals surface area contributed by atoms with Crippen molar-refractivity contribution in [1.82, 2.24) is 4.98 Å². The number of amides is 1. The zero-order valence-electron chi connectivity index (χ0n) is 12.3. The van der Waals surface area contributed by atoms with Gasteiger partial charge in [0.2, 0.25) is 5.91 Å². The molecule has 1 aromatic carbocycles. The van der Waals surface area contributed by atoms with Crippen molar-refractivity contribution < 1.29 is 4.79 Å². The molecule has 0 aliphatic carbocycles. The van der Waals surface area contributed by atoms with E-state index in [1.165, 1.54) is 36.2 Å². The number of thiazole rings is 1. The van der Waals surface area contributed by atoms with Crippen LogP contribution in [0.15, 0.2) is 29.6 Å². The Morgan fingerprint density at radius 3 is 2.67 bits per heavy atom. The molecule has 2 rings (SSSR count). The van der Waals surface area contributed by atoms with Gasteiger partial charge >= 0.3 is 0 Å². The second-order valence-corrected chi connectivity index (χ2v) is 5.95. The highest BCUT2D eigenvalue weighted by Crippen LogP contribution is 2.14. The number of nitrogens with two attached hydrogens (primary N) is 1. The number of nitrogens with one attached hydrogen (secondary N) is 1. The summed E-state index contributed by atoms with van der Waals surface area (Å²) in [6, 6.07) is 8.06. The van der Waals surface area contributed by atoms with Crippen molar-refractivity contribution in [3.63, 3.8) is 0 Å². The molecule has 5 heteroatoms. The summed E-state index contributed by atoms with van der Waals surface area (Å²) in [5, 5.41) is 5.18. The van der Waals surface area contributed by atoms with Gasteiger partial charge in [-0.3, -0.25) is 4.79 Å². The number of unbranched alkanes of at least 4 members (excludes halogenated alkanes) is 2. The quantitative estimate of drug-likeness (QED) is 0.767. The Bertz CT molecular complexity index is 577. The molecule has 4 nitrogen and oxygen atoms in total. The van der Waals surface area contributed by atoms with Crippen molar-refractivity contribution in [3.05, 3.63) is 40.9 Å². The molecule has 112 valence electrons. The maximum Gasteiger partial charge on any atom is 0.230 e. The smallest absolute Gasteiger partial charge is 0.230 e. The Balaban J connectivity index is 1.83. The number of nitrogens with zero attached hydrogens (tertiary/aromatic N) is 1. The lowest BCUT2D eigenvalue weighted by atomic mass is 10.1. The maximum absolute atomic E-state index is 11.9. The summed E-state index contributed by atoms with van der Waals surface area (Å²) in [5.41, 5.74) is 8.40. The minimum atomic E-state index is -0.0703. The number of hydrogen-bond donors (Lipinski definition) is 2. The Morgan fingerprint density at radius 1 is 1.29 bits per heavy atom. The van der Waals surface area contributed by atoms with Crippen molar-refractivity contribution in [2.24, 2.45) is 0 Å². The first-order valence-corrected chi connectivity index (χ1v) is 8.14. The Labute approximate surface area is 129 Å². The lowest BCUT2D eigenvalue weighted by molar-refractivity contribution is -0.115. The van der Waals surface area contributed by atoms with Gasteiger partial charge < -0.3 is 11.1 Å². The molecule has 3 N–H and O–H groups in total. The monoisotopic (exact) mass is 303 g/mol. The van der Waals surface area contributed by atoms with Gasteiger partial charge in [0.15, 0.2) is 5.13 Å². The van der Waals surface area contributed by atoms with Gasteiger partial charge in [-0.2, -0.15) is 0 Å². The SMILES string of the molecule is CCCCCc1ccc(NC(=O)Cc2csc(N)n2)cc1. The first kappa shape index (κ1) is 15.5. The Morgan fingerprint density at radius 2 is 2.05 bits per heavy atom. The molecule has 0 radical (unpaired) electrons. The molecule has 0 spiro atoms. The van der Waals surface area contributed by atoms with Gasteiger partial charge in [-0.25, -0.2) is 4.98 Å². The minimum absolute atomic E-state index is 0.0703. The van der Waals surface area contributed by atoms with E-state index in [1.807, 2.05) is 17.5 Å². The van der Waals surface area contributed by atoms with Gasteiger partial charge in [-0.1, -0.05) is 31.9 Å². The number of rotatable bonds is 7. The van der Waals surface area contributed by atoms with E-state index in [0.717, 1.165) is 12.1 Å². The average Bonchev–Trinajstić information content (AvgIpc) is 2.86. The van der Waals surface area contributed by atoms with Gasteiger partial charge in [0.25, 0.3) is 0 Å². The molecule has 0 aliphatic rings. The van der Waals surface area contributed by atoms with Crippen molar-refractivity contribution in [2.45, 2.75) is 39.0 Å². The molecule has 0 bridgehead atoms. The standard InChI is InChI=1S/C16H21N3OS/c1-2-3-4-5-12-6-8-13(9-7-12)18-15(20)10-14-11-21-16(17)19-14/h6-9,11H,2-5,10H2,1H3,(H2,17,19)(H,18,20). The highest BCUT2D eigenvalue weighted by Gasteiger charge is 2.07. The first-order valence-electron chi connectivity index (χ1n) is 7.26. The third-order valence-corrected chi connectivity index (χ3v) is 3.94. The maximum atomic E-state index is 11.9. The van der Waals surface area contributed by atoms with Crippen LogP contribution in [0.1, 0.15) is 37.4 Å². The number of benzene rings is 1. The highest BCUT2D eigenvalue weighted by atomic mass is 32.1. The molecule has 1 aromatic heterocycles. The lowest BCUT2D eigenvalue weighted by Crippen LogP contribution is -2.14. The fourth-order valence-electron chi connectivity index (χ4n) is 2.11. The van der Waals surface area contributed by atoms with Crippen molar-refractivity contribution in [2.75, 3.05) is 11.1 Å². The van der Waals surface area contributed by atoms with Gasteiger partial charge in [0.05, 0.1) is 12.1 Å². The number of aromatic nitrogens is 1. The zero-order chi connectivity index (χ0) is 15.1. The van der Waals surface area contributed by atoms with E-state index in [0.29, 0.717) is 10.8 Å². The molecule has 1 amide bonds. The van der Waals surface area contributed by atoms with Crippen LogP contribution in [-0.2, 0) is 17.6 Å². The number of anilines is 2. The molecule has 0 unspecified atom stereocenters. The van der Waals surface area contributed by atoms with Crippen LogP contribution in [0.25, 0.3) is 0 Å². The minimum Gasteiger partial charge on any atom is -0.375 e. The molecule has 21 heavy (non-hydrogen) atoms. The molecule has 0 atom stereocenters. The molecule has 0 saturated heterocycles. The third kappa shape index (κ3) is 5.19. The first-order chi connectivity index (χ1) is 10.2. The van der Waals surface area contributed by atoms with Crippen LogP contribution in [-0.4, -0.2) is 10.9 Å². The normalized spacial score (nSPS) is 10.5. The van der Waals surface area contributed by atoms with E-state index in [-0.39, 0.29) is 12.3 Å². The van der Waals surface area contributed by atoms with E-state index in [9.17, 15) is 4.79 Å². The van der Waals surface area contributed by atoms with E-state index < -0.39 is 0 Å². The van der Waals surface area contributed by atoms with Crippen LogP contribution >= 0.6 is 11.3 Å². The molecule has 2 aromatic rings. The molecule has 0 fully saturated rings. The van der Waals surface area contributed by atoms with Crippen molar-refractivity contribution in [1.29, 1.82) is 0 Å². The fourth-order valence-corrected chi connectivity index (χ4v) is 2.67. The average molecular weight is 303 g/mol. The van der Waals surface area contributed by atoms with Crippen LogP contribution in [0.5, 0.6) is 0 Å². The predicted molar refractivity (Wildman–Crippen MR) is 88.5 cm³/mol. The van der Waals surface area contributed by atoms with Crippen LogP contribution in [0.2, 0.25) is 0 Å². The number of hydrogen-bond acceptors (Lipinski definition) is 4. The number of nitrogen functional groups attached to an aromatic ring is 1. The van der Waals surface area contributed by atoms with Gasteiger partial charge in [0, 0.05) is 11.1 Å². The number of aryl methyl sites for hydroxylation is 1. The summed E-state index contributed by atoms with van der Waals surface area (Å²) < 4.78 is 0. The van der Waals surface area contributed by atoms with Crippen molar-refractivity contribution in [3.8, 4) is 0 Å². The van der Waals surface area contributed by atoms with Crippen LogP contribution < -0.4 is 11.1 Å². The van der Waals surface area contributed by atoms with Crippen LogP contribution in [0.3, 0.4) is 0 Å². The molecule has 0 saturated carbocycles. The summed E-state index contributed by atoms with van der Waals surface area (Å²) in [7, 11) is 0. The predicted octanol–water partition coefficient (Wildman–Crippen LogP) is 3.64.